The fraction of sp³-hybridized carbons (Fsp3) is 0. The predicted octanol–water partition coefficient (Wildman–Crippen LogP) is 2.20. The molecule has 0 fully saturated rings. The summed E-state index contributed by atoms with van der Waals surface area (Å²) in [5.74, 6) is 0. The van der Waals surface area contributed by atoms with Crippen LogP contribution in [0.4, 0.5) is 0 Å². The third-order valence-electron chi connectivity index (χ3n) is 1.82. The zero-order valence-corrected chi connectivity index (χ0v) is 8.78. The number of nitrogens with zero attached hydrogens (tertiary/aromatic N) is 1. The van der Waals surface area contributed by atoms with Gasteiger partial charge in [-0.05, 0) is 34.1 Å². The van der Waals surface area contributed by atoms with E-state index < -0.39 is 0 Å². The minimum Gasteiger partial charge on any atom is -0.327 e. The first-order chi connectivity index (χ1) is 6.77. The molecule has 14 heavy (non-hydrogen) atoms. The molecule has 0 bridgehead atoms. The van der Waals surface area contributed by atoms with Crippen LogP contribution in [0.2, 0.25) is 0 Å². The van der Waals surface area contributed by atoms with E-state index in [1.165, 1.54) is 0 Å². The Morgan fingerprint density at radius 1 is 1.36 bits per heavy atom. The fourth-order valence-electron chi connectivity index (χ4n) is 1.14. The first kappa shape index (κ1) is 9.15. The van der Waals surface area contributed by atoms with E-state index in [2.05, 4.69) is 25.9 Å². The van der Waals surface area contributed by atoms with Crippen molar-refractivity contribution in [1.29, 1.82) is 0 Å². The van der Waals surface area contributed by atoms with Crippen LogP contribution >= 0.6 is 15.9 Å². The summed E-state index contributed by atoms with van der Waals surface area (Å²) < 4.78 is 0.514. The van der Waals surface area contributed by atoms with Crippen LogP contribution in [0.3, 0.4) is 0 Å². The lowest BCUT2D eigenvalue weighted by atomic mass is 10.2. The number of hydrogen-bond donors (Lipinski definition) is 1. The third-order valence-corrected chi connectivity index (χ3v) is 2.41. The number of H-pyrrole nitrogens is 1. The molecular formula is C10H7BrN2O. The molecule has 0 spiro atoms. The van der Waals surface area contributed by atoms with Gasteiger partial charge in [-0.1, -0.05) is 6.07 Å². The van der Waals surface area contributed by atoms with Gasteiger partial charge in [0.2, 0.25) is 0 Å². The van der Waals surface area contributed by atoms with Crippen LogP contribution in [0.1, 0.15) is 0 Å². The van der Waals surface area contributed by atoms with E-state index in [-0.39, 0.29) is 5.56 Å². The maximum atomic E-state index is 11.1. The highest BCUT2D eigenvalue weighted by Gasteiger charge is 2.00. The maximum Gasteiger partial charge on any atom is 0.262 e. The molecule has 0 saturated heterocycles. The molecule has 0 aliphatic heterocycles. The van der Waals surface area contributed by atoms with Gasteiger partial charge >= 0.3 is 0 Å². The normalized spacial score (nSPS) is 10.1. The Hall–Kier alpha value is -1.42. The lowest BCUT2D eigenvalue weighted by Gasteiger charge is -1.99. The molecule has 0 atom stereocenters. The van der Waals surface area contributed by atoms with Crippen molar-refractivity contribution in [2.75, 3.05) is 0 Å². The van der Waals surface area contributed by atoms with Crippen molar-refractivity contribution in [3.8, 4) is 11.3 Å². The summed E-state index contributed by atoms with van der Waals surface area (Å²) in [5.41, 5.74) is 1.59. The third kappa shape index (κ3) is 1.75. The molecule has 2 rings (SSSR count). The van der Waals surface area contributed by atoms with E-state index in [1.54, 1.807) is 18.5 Å². The number of aromatic amines is 1. The van der Waals surface area contributed by atoms with Crippen LogP contribution in [0.25, 0.3) is 11.3 Å². The summed E-state index contributed by atoms with van der Waals surface area (Å²) >= 11 is 3.17. The number of rotatable bonds is 1. The van der Waals surface area contributed by atoms with Crippen LogP contribution in [0, 0.1) is 0 Å². The standard InChI is InChI=1S/C10H7BrN2O/c11-8-5-7(6-13-10(8)14)9-3-1-2-4-12-9/h1-6H,(H,13,14). The topological polar surface area (TPSA) is 45.8 Å². The Morgan fingerprint density at radius 2 is 2.21 bits per heavy atom. The SMILES string of the molecule is O=c1[nH]cc(-c2ccccn2)cc1Br. The second kappa shape index (κ2) is 3.75. The average molecular weight is 251 g/mol. The minimum absolute atomic E-state index is 0.135. The molecule has 0 radical (unpaired) electrons. The van der Waals surface area contributed by atoms with Crippen molar-refractivity contribution in [3.63, 3.8) is 0 Å². The van der Waals surface area contributed by atoms with Crippen LogP contribution in [-0.4, -0.2) is 9.97 Å². The lowest BCUT2D eigenvalue weighted by molar-refractivity contribution is 1.20. The molecule has 0 aliphatic rings. The summed E-state index contributed by atoms with van der Waals surface area (Å²) in [4.78, 5) is 17.9. The Bertz CT molecular complexity index is 493. The highest BCUT2D eigenvalue weighted by atomic mass is 79.9. The number of nitrogens with one attached hydrogen (secondary N) is 1. The highest BCUT2D eigenvalue weighted by Crippen LogP contribution is 2.16. The monoisotopic (exact) mass is 250 g/mol. The fourth-order valence-corrected chi connectivity index (χ4v) is 1.50. The zero-order valence-electron chi connectivity index (χ0n) is 7.20. The van der Waals surface area contributed by atoms with E-state index >= 15 is 0 Å². The molecule has 0 aromatic carbocycles. The van der Waals surface area contributed by atoms with Crippen molar-refractivity contribution in [2.45, 2.75) is 0 Å². The maximum absolute atomic E-state index is 11.1. The van der Waals surface area contributed by atoms with Crippen molar-refractivity contribution in [2.24, 2.45) is 0 Å². The van der Waals surface area contributed by atoms with Crippen LogP contribution in [0.5, 0.6) is 0 Å². The number of halogens is 1. The molecule has 1 N–H and O–H groups in total. The van der Waals surface area contributed by atoms with Gasteiger partial charge in [-0.2, -0.15) is 0 Å². The van der Waals surface area contributed by atoms with Gasteiger partial charge in [-0.25, -0.2) is 0 Å². The minimum atomic E-state index is -0.135. The van der Waals surface area contributed by atoms with Crippen molar-refractivity contribution < 1.29 is 0 Å². The van der Waals surface area contributed by atoms with E-state index in [9.17, 15) is 4.79 Å². The molecule has 2 heterocycles. The second-order valence-electron chi connectivity index (χ2n) is 2.78. The van der Waals surface area contributed by atoms with Gasteiger partial charge in [-0.3, -0.25) is 9.78 Å². The summed E-state index contributed by atoms with van der Waals surface area (Å²) in [6.07, 6.45) is 3.36. The smallest absolute Gasteiger partial charge is 0.262 e. The molecular weight excluding hydrogens is 244 g/mol. The average Bonchev–Trinajstić information content (AvgIpc) is 2.23. The van der Waals surface area contributed by atoms with E-state index in [0.29, 0.717) is 4.47 Å². The Morgan fingerprint density at radius 3 is 2.86 bits per heavy atom. The van der Waals surface area contributed by atoms with E-state index in [0.717, 1.165) is 11.3 Å². The van der Waals surface area contributed by atoms with Gasteiger partial charge in [-0.15, -0.1) is 0 Å². The molecule has 70 valence electrons. The number of aromatic nitrogens is 2. The first-order valence-electron chi connectivity index (χ1n) is 4.07. The van der Waals surface area contributed by atoms with Gasteiger partial charge in [0.05, 0.1) is 10.2 Å². The summed E-state index contributed by atoms with van der Waals surface area (Å²) in [6, 6.07) is 7.40. The van der Waals surface area contributed by atoms with E-state index in [1.807, 2.05) is 18.2 Å². The quantitative estimate of drug-likeness (QED) is 0.844. The van der Waals surface area contributed by atoms with Crippen LogP contribution in [-0.2, 0) is 0 Å². The summed E-state index contributed by atoms with van der Waals surface area (Å²) in [6.45, 7) is 0. The van der Waals surface area contributed by atoms with Crippen LogP contribution < -0.4 is 5.56 Å². The molecule has 0 aliphatic carbocycles. The summed E-state index contributed by atoms with van der Waals surface area (Å²) in [5, 5.41) is 0. The number of hydrogen-bond acceptors (Lipinski definition) is 2. The molecule has 4 heteroatoms. The Labute approximate surface area is 89.0 Å². The molecule has 2 aromatic rings. The Balaban J connectivity index is 2.54. The van der Waals surface area contributed by atoms with Gasteiger partial charge < -0.3 is 4.98 Å². The molecule has 0 saturated carbocycles. The molecule has 0 amide bonds. The molecule has 0 unspecified atom stereocenters. The molecule has 2 aromatic heterocycles. The lowest BCUT2D eigenvalue weighted by Crippen LogP contribution is -2.05. The molecule has 3 nitrogen and oxygen atoms in total. The second-order valence-corrected chi connectivity index (χ2v) is 3.63. The largest absolute Gasteiger partial charge is 0.327 e. The van der Waals surface area contributed by atoms with Gasteiger partial charge in [0.1, 0.15) is 0 Å². The van der Waals surface area contributed by atoms with Crippen molar-refractivity contribution in [3.05, 3.63) is 51.5 Å². The zero-order chi connectivity index (χ0) is 9.97. The highest BCUT2D eigenvalue weighted by molar-refractivity contribution is 9.10. The van der Waals surface area contributed by atoms with Crippen molar-refractivity contribution in [1.82, 2.24) is 9.97 Å². The van der Waals surface area contributed by atoms with E-state index in [4.69, 9.17) is 0 Å². The predicted molar refractivity (Wildman–Crippen MR) is 58.0 cm³/mol. The van der Waals surface area contributed by atoms with Gasteiger partial charge in [0.25, 0.3) is 5.56 Å². The van der Waals surface area contributed by atoms with Gasteiger partial charge in [0, 0.05) is 18.0 Å². The van der Waals surface area contributed by atoms with Crippen LogP contribution in [0.15, 0.2) is 45.9 Å². The summed E-state index contributed by atoms with van der Waals surface area (Å²) in [7, 11) is 0. The Kier molecular flexibility index (Phi) is 2.45. The first-order valence-corrected chi connectivity index (χ1v) is 4.86. The van der Waals surface area contributed by atoms with Crippen molar-refractivity contribution >= 4 is 15.9 Å². The van der Waals surface area contributed by atoms with Gasteiger partial charge in [0.15, 0.2) is 0 Å². The number of pyridine rings is 2.